The van der Waals surface area contributed by atoms with Crippen LogP contribution in [0.4, 0.5) is 4.53 Å². The molecule has 5 heteroatoms. The lowest BCUT2D eigenvalue weighted by molar-refractivity contribution is -0.195. The van der Waals surface area contributed by atoms with Crippen molar-refractivity contribution in [3.63, 3.8) is 0 Å². The summed E-state index contributed by atoms with van der Waals surface area (Å²) >= 11 is 0. The number of aromatic nitrogens is 1. The molecule has 0 aliphatic rings. The molecule has 0 atom stereocenters. The van der Waals surface area contributed by atoms with Crippen molar-refractivity contribution in [3.8, 4) is 6.07 Å². The van der Waals surface area contributed by atoms with E-state index in [-0.39, 0.29) is 6.54 Å². The van der Waals surface area contributed by atoms with Crippen LogP contribution in [-0.4, -0.2) is 4.98 Å². The fourth-order valence-corrected chi connectivity index (χ4v) is 1.45. The van der Waals surface area contributed by atoms with Crippen molar-refractivity contribution in [2.24, 2.45) is 0 Å². The monoisotopic (exact) mass is 247 g/mol. The van der Waals surface area contributed by atoms with Gasteiger partial charge in [-0.05, 0) is 30.0 Å². The summed E-state index contributed by atoms with van der Waals surface area (Å²) < 4.78 is 11.4. The molecule has 0 aliphatic heterocycles. The predicted octanol–water partition coefficient (Wildman–Crippen LogP) is 2.86. The molecular weight excluding hydrogens is 233 g/mol. The number of hydrogen-bond acceptors (Lipinski definition) is 4. The zero-order valence-corrected chi connectivity index (χ0v) is 10.3. The van der Waals surface area contributed by atoms with Gasteiger partial charge < -0.3 is 0 Å². The minimum atomic E-state index is 0.177. The van der Waals surface area contributed by atoms with Gasteiger partial charge in [-0.1, -0.05) is 23.3 Å². The fraction of sp³-hybridized carbons (Fsp3) is 0.231. The van der Waals surface area contributed by atoms with E-state index in [2.05, 4.69) is 21.6 Å². The molecule has 0 fully saturated rings. The van der Waals surface area contributed by atoms with Crippen molar-refractivity contribution in [1.82, 2.24) is 10.5 Å². The lowest BCUT2D eigenvalue weighted by Crippen LogP contribution is -2.09. The van der Waals surface area contributed by atoms with E-state index >= 15 is 0 Å². The molecule has 0 saturated heterocycles. The highest BCUT2D eigenvalue weighted by molar-refractivity contribution is 5.78. The van der Waals surface area contributed by atoms with Crippen molar-refractivity contribution in [2.75, 3.05) is 0 Å². The molecule has 0 saturated carbocycles. The topological polar surface area (TPSA) is 57.9 Å². The summed E-state index contributed by atoms with van der Waals surface area (Å²) in [7, 11) is 0. The van der Waals surface area contributed by atoms with Crippen LogP contribution in [0.3, 0.4) is 0 Å². The van der Waals surface area contributed by atoms with Gasteiger partial charge in [0.05, 0.1) is 18.3 Å². The summed E-state index contributed by atoms with van der Waals surface area (Å²) in [5.41, 5.74) is 5.00. The van der Waals surface area contributed by atoms with Crippen LogP contribution >= 0.6 is 0 Å². The molecular formula is C13H14FN3O. The molecule has 1 heterocycles. The highest BCUT2D eigenvalue weighted by atomic mass is 19.3. The molecule has 1 N–H and O–H groups in total. The van der Waals surface area contributed by atoms with Crippen molar-refractivity contribution in [1.29, 1.82) is 5.26 Å². The van der Waals surface area contributed by atoms with Gasteiger partial charge in [-0.2, -0.15) is 10.7 Å². The number of pyridine rings is 1. The first-order valence-corrected chi connectivity index (χ1v) is 5.42. The van der Waals surface area contributed by atoms with Crippen molar-refractivity contribution < 1.29 is 9.57 Å². The van der Waals surface area contributed by atoms with Crippen LogP contribution in [0, 0.1) is 11.3 Å². The van der Waals surface area contributed by atoms with Crippen LogP contribution in [0.2, 0.25) is 0 Å². The van der Waals surface area contributed by atoms with E-state index in [4.69, 9.17) is 5.26 Å². The molecule has 18 heavy (non-hydrogen) atoms. The first-order valence-electron chi connectivity index (χ1n) is 5.42. The zero-order chi connectivity index (χ0) is 13.4. The predicted molar refractivity (Wildman–Crippen MR) is 66.3 cm³/mol. The third-order valence-corrected chi connectivity index (χ3v) is 2.35. The van der Waals surface area contributed by atoms with E-state index in [1.54, 1.807) is 19.2 Å². The molecule has 0 aromatic carbocycles. The number of nitrogens with one attached hydrogen (secondary N) is 1. The summed E-state index contributed by atoms with van der Waals surface area (Å²) in [5, 5.41) is 12.2. The molecule has 94 valence electrons. The number of nitrogens with zero attached hydrogens (tertiary/aromatic N) is 2. The average Bonchev–Trinajstić information content (AvgIpc) is 2.42. The van der Waals surface area contributed by atoms with E-state index in [0.29, 0.717) is 11.3 Å². The van der Waals surface area contributed by atoms with E-state index in [9.17, 15) is 4.53 Å². The van der Waals surface area contributed by atoms with Gasteiger partial charge in [0.1, 0.15) is 0 Å². The molecule has 0 aliphatic carbocycles. The quantitative estimate of drug-likeness (QED) is 0.494. The van der Waals surface area contributed by atoms with E-state index < -0.39 is 0 Å². The van der Waals surface area contributed by atoms with Gasteiger partial charge in [0.2, 0.25) is 0 Å². The standard InChI is InChI=1S/C13H14FN3O/c1-3-4-13(10(2)7-15)11-5-6-12(16-8-11)9-17-18-14/h3-6,8,17H,9H2,1-2H3/b4-3-,13-10-. The maximum Gasteiger partial charge on any atom is 0.0950 e. The van der Waals surface area contributed by atoms with Gasteiger partial charge in [-0.3, -0.25) is 4.98 Å². The number of allylic oxidation sites excluding steroid dienone is 4. The maximum absolute atomic E-state index is 11.4. The second-order valence-corrected chi connectivity index (χ2v) is 3.59. The van der Waals surface area contributed by atoms with Gasteiger partial charge >= 0.3 is 0 Å². The normalized spacial score (nSPS) is 12.3. The number of rotatable bonds is 5. The zero-order valence-electron chi connectivity index (χ0n) is 10.3. The molecule has 0 unspecified atom stereocenters. The number of hydrogen-bond donors (Lipinski definition) is 1. The van der Waals surface area contributed by atoms with E-state index in [1.807, 2.05) is 25.1 Å². The Bertz CT molecular complexity index is 486. The Morgan fingerprint density at radius 2 is 2.39 bits per heavy atom. The molecule has 1 aromatic heterocycles. The second kappa shape index (κ2) is 7.33. The smallest absolute Gasteiger partial charge is 0.0950 e. The second-order valence-electron chi connectivity index (χ2n) is 3.59. The summed E-state index contributed by atoms with van der Waals surface area (Å²) in [5.74, 6) is 0. The Balaban J connectivity index is 2.99. The Kier molecular flexibility index (Phi) is 5.71. The third-order valence-electron chi connectivity index (χ3n) is 2.35. The SMILES string of the molecule is C/C=C\C(=C(/C)C#N)c1ccc(CNOF)nc1. The van der Waals surface area contributed by atoms with Crippen LogP contribution in [0.15, 0.2) is 36.1 Å². The van der Waals surface area contributed by atoms with Crippen molar-refractivity contribution in [2.45, 2.75) is 20.4 Å². The Labute approximate surface area is 105 Å². The summed E-state index contributed by atoms with van der Waals surface area (Å²) in [6.07, 6.45) is 5.37. The summed E-state index contributed by atoms with van der Waals surface area (Å²) in [6, 6.07) is 5.69. The first-order chi connectivity index (χ1) is 8.72. The molecule has 0 radical (unpaired) electrons. The summed E-state index contributed by atoms with van der Waals surface area (Å²) in [4.78, 5) is 4.15. The van der Waals surface area contributed by atoms with Crippen LogP contribution in [0.25, 0.3) is 5.57 Å². The lowest BCUT2D eigenvalue weighted by atomic mass is 10.0. The Hall–Kier alpha value is -2.03. The minimum Gasteiger partial charge on any atom is -0.259 e. The highest BCUT2D eigenvalue weighted by Gasteiger charge is 2.03. The van der Waals surface area contributed by atoms with Crippen molar-refractivity contribution in [3.05, 3.63) is 47.3 Å². The average molecular weight is 247 g/mol. The highest BCUT2D eigenvalue weighted by Crippen LogP contribution is 2.19. The summed E-state index contributed by atoms with van der Waals surface area (Å²) in [6.45, 7) is 3.81. The van der Waals surface area contributed by atoms with Crippen LogP contribution in [0.5, 0.6) is 0 Å². The molecule has 4 nitrogen and oxygen atoms in total. The molecule has 1 aromatic rings. The largest absolute Gasteiger partial charge is 0.259 e. The molecule has 0 bridgehead atoms. The fourth-order valence-electron chi connectivity index (χ4n) is 1.45. The Morgan fingerprint density at radius 3 is 2.89 bits per heavy atom. The molecule has 1 rings (SSSR count). The van der Waals surface area contributed by atoms with Crippen molar-refractivity contribution >= 4 is 5.57 Å². The lowest BCUT2D eigenvalue weighted by Gasteiger charge is -2.05. The number of halogens is 1. The first kappa shape index (κ1) is 14.0. The molecule has 0 spiro atoms. The minimum absolute atomic E-state index is 0.177. The van der Waals surface area contributed by atoms with Crippen LogP contribution in [0.1, 0.15) is 25.1 Å². The van der Waals surface area contributed by atoms with E-state index in [1.165, 1.54) is 0 Å². The van der Waals surface area contributed by atoms with Gasteiger partial charge in [0.15, 0.2) is 0 Å². The van der Waals surface area contributed by atoms with Gasteiger partial charge in [-0.25, -0.2) is 0 Å². The van der Waals surface area contributed by atoms with Gasteiger partial charge in [0, 0.05) is 17.3 Å². The maximum atomic E-state index is 11.4. The molecule has 0 amide bonds. The van der Waals surface area contributed by atoms with Crippen LogP contribution in [-0.2, 0) is 11.6 Å². The van der Waals surface area contributed by atoms with E-state index in [0.717, 1.165) is 11.1 Å². The van der Waals surface area contributed by atoms with Crippen LogP contribution < -0.4 is 5.48 Å². The number of nitriles is 1. The van der Waals surface area contributed by atoms with Gasteiger partial charge in [0.25, 0.3) is 0 Å². The van der Waals surface area contributed by atoms with Gasteiger partial charge in [-0.15, -0.1) is 0 Å². The number of hydroxylamine groups is 1. The Morgan fingerprint density at radius 1 is 1.61 bits per heavy atom. The third kappa shape index (κ3) is 3.77.